The van der Waals surface area contributed by atoms with Gasteiger partial charge in [-0.3, -0.25) is 13.9 Å². The Morgan fingerprint density at radius 1 is 1.03 bits per heavy atom. The van der Waals surface area contributed by atoms with E-state index >= 15 is 0 Å². The molecule has 0 bridgehead atoms. The van der Waals surface area contributed by atoms with Gasteiger partial charge in [0.25, 0.3) is 0 Å². The smallest absolute Gasteiger partial charge is 0.242 e. The zero-order valence-corrected chi connectivity index (χ0v) is 22.9. The highest BCUT2D eigenvalue weighted by molar-refractivity contribution is 7.92. The quantitative estimate of drug-likeness (QED) is 0.423. The molecule has 0 radical (unpaired) electrons. The Balaban J connectivity index is 2.20. The SMILES string of the molecule is CCNC(=O)[C@@H](C)N(Cc1c(Cl)cccc1Cl)C(=O)CCCN(c1ccc(CC)cc1)S(C)(=O)=O. The molecule has 0 saturated heterocycles. The van der Waals surface area contributed by atoms with Crippen LogP contribution < -0.4 is 9.62 Å². The van der Waals surface area contributed by atoms with E-state index in [2.05, 4.69) is 5.32 Å². The minimum atomic E-state index is -3.54. The van der Waals surface area contributed by atoms with Crippen LogP contribution in [0.3, 0.4) is 0 Å². The van der Waals surface area contributed by atoms with Crippen molar-refractivity contribution in [3.05, 3.63) is 63.6 Å². The minimum absolute atomic E-state index is 0.0465. The van der Waals surface area contributed by atoms with Gasteiger partial charge in [0.2, 0.25) is 21.8 Å². The van der Waals surface area contributed by atoms with Crippen LogP contribution in [0.1, 0.15) is 44.7 Å². The van der Waals surface area contributed by atoms with Crippen molar-refractivity contribution in [2.45, 2.75) is 52.6 Å². The van der Waals surface area contributed by atoms with Crippen molar-refractivity contribution in [2.24, 2.45) is 0 Å². The molecule has 2 rings (SSSR count). The van der Waals surface area contributed by atoms with Gasteiger partial charge in [0, 0.05) is 41.7 Å². The van der Waals surface area contributed by atoms with E-state index in [1.165, 1.54) is 9.21 Å². The fourth-order valence-electron chi connectivity index (χ4n) is 3.66. The molecule has 0 saturated carbocycles. The van der Waals surface area contributed by atoms with Crippen molar-refractivity contribution >= 4 is 50.7 Å². The van der Waals surface area contributed by atoms with Crippen molar-refractivity contribution in [3.63, 3.8) is 0 Å². The fourth-order valence-corrected chi connectivity index (χ4v) is 5.14. The third kappa shape index (κ3) is 8.12. The second-order valence-corrected chi connectivity index (χ2v) is 11.0. The summed E-state index contributed by atoms with van der Waals surface area (Å²) in [6, 6.07) is 11.6. The number of rotatable bonds is 12. The Hall–Kier alpha value is -2.29. The summed E-state index contributed by atoms with van der Waals surface area (Å²) in [5, 5.41) is 3.53. The number of anilines is 1. The number of carbonyl (C=O) groups excluding carboxylic acids is 2. The van der Waals surface area contributed by atoms with E-state index < -0.39 is 16.1 Å². The molecule has 35 heavy (non-hydrogen) atoms. The molecule has 1 N–H and O–H groups in total. The van der Waals surface area contributed by atoms with Crippen molar-refractivity contribution in [1.29, 1.82) is 0 Å². The largest absolute Gasteiger partial charge is 0.355 e. The molecule has 0 heterocycles. The van der Waals surface area contributed by atoms with Gasteiger partial charge in [-0.2, -0.15) is 0 Å². The van der Waals surface area contributed by atoms with E-state index in [9.17, 15) is 18.0 Å². The van der Waals surface area contributed by atoms with Gasteiger partial charge in [0.05, 0.1) is 11.9 Å². The van der Waals surface area contributed by atoms with E-state index in [4.69, 9.17) is 23.2 Å². The molecule has 0 aliphatic heterocycles. The number of likely N-dealkylation sites (N-methyl/N-ethyl adjacent to an activating group) is 1. The van der Waals surface area contributed by atoms with Gasteiger partial charge in [-0.1, -0.05) is 48.3 Å². The molecular formula is C25H33Cl2N3O4S. The summed E-state index contributed by atoms with van der Waals surface area (Å²) in [7, 11) is -3.54. The third-order valence-corrected chi connectivity index (χ3v) is 7.60. The summed E-state index contributed by atoms with van der Waals surface area (Å²) in [4.78, 5) is 27.2. The number of benzene rings is 2. The number of nitrogens with zero attached hydrogens (tertiary/aromatic N) is 2. The average Bonchev–Trinajstić information content (AvgIpc) is 2.80. The predicted octanol–water partition coefficient (Wildman–Crippen LogP) is 4.66. The standard InChI is InChI=1S/C25H33Cl2N3O4S/c1-5-19-12-14-20(15-13-19)30(35(4,33)34)16-8-11-24(31)29(18(3)25(32)28-6-2)17-21-22(26)9-7-10-23(21)27/h7,9-10,12-15,18H,5-6,8,11,16-17H2,1-4H3,(H,28,32)/t18-/m1/s1. The third-order valence-electron chi connectivity index (χ3n) is 5.69. The van der Waals surface area contributed by atoms with Gasteiger partial charge >= 0.3 is 0 Å². The molecule has 0 fully saturated rings. The summed E-state index contributed by atoms with van der Waals surface area (Å²) >= 11 is 12.6. The van der Waals surface area contributed by atoms with Crippen molar-refractivity contribution in [2.75, 3.05) is 23.7 Å². The zero-order valence-electron chi connectivity index (χ0n) is 20.6. The molecule has 0 aliphatic carbocycles. The van der Waals surface area contributed by atoms with E-state index in [0.717, 1.165) is 18.2 Å². The molecule has 0 aliphatic rings. The number of halogens is 2. The summed E-state index contributed by atoms with van der Waals surface area (Å²) < 4.78 is 26.2. The number of amides is 2. The number of hydrogen-bond donors (Lipinski definition) is 1. The van der Waals surface area contributed by atoms with Crippen molar-refractivity contribution in [3.8, 4) is 0 Å². The molecule has 0 aromatic heterocycles. The maximum Gasteiger partial charge on any atom is 0.242 e. The van der Waals surface area contributed by atoms with Gasteiger partial charge < -0.3 is 10.2 Å². The van der Waals surface area contributed by atoms with Crippen molar-refractivity contribution < 1.29 is 18.0 Å². The van der Waals surface area contributed by atoms with Crippen LogP contribution in [0.4, 0.5) is 5.69 Å². The lowest BCUT2D eigenvalue weighted by molar-refractivity contribution is -0.140. The Bertz CT molecular complexity index is 1100. The summed E-state index contributed by atoms with van der Waals surface area (Å²) in [6.45, 7) is 6.09. The van der Waals surface area contributed by atoms with Crippen LogP contribution in [-0.2, 0) is 32.6 Å². The summed E-state index contributed by atoms with van der Waals surface area (Å²) in [5.41, 5.74) is 2.20. The van der Waals surface area contributed by atoms with Gasteiger partial charge in [-0.25, -0.2) is 8.42 Å². The number of hydrogen-bond acceptors (Lipinski definition) is 4. The van der Waals surface area contributed by atoms with Crippen molar-refractivity contribution in [1.82, 2.24) is 10.2 Å². The monoisotopic (exact) mass is 541 g/mol. The molecule has 192 valence electrons. The first kappa shape index (κ1) is 28.9. The first-order valence-corrected chi connectivity index (χ1v) is 14.2. The van der Waals surface area contributed by atoms with E-state index in [-0.39, 0.29) is 37.7 Å². The highest BCUT2D eigenvalue weighted by Gasteiger charge is 2.27. The van der Waals surface area contributed by atoms with Crippen LogP contribution in [-0.4, -0.2) is 50.5 Å². The van der Waals surface area contributed by atoms with Crippen LogP contribution >= 0.6 is 23.2 Å². The van der Waals surface area contributed by atoms with Crippen LogP contribution in [0.2, 0.25) is 10.0 Å². The lowest BCUT2D eigenvalue weighted by atomic mass is 10.1. The lowest BCUT2D eigenvalue weighted by Gasteiger charge is -2.30. The van der Waals surface area contributed by atoms with Gasteiger partial charge in [-0.05, 0) is 56.5 Å². The van der Waals surface area contributed by atoms with E-state index in [1.807, 2.05) is 19.1 Å². The molecule has 0 unspecified atom stereocenters. The van der Waals surface area contributed by atoms with Gasteiger partial charge in [0.1, 0.15) is 6.04 Å². The highest BCUT2D eigenvalue weighted by Crippen LogP contribution is 2.27. The summed E-state index contributed by atoms with van der Waals surface area (Å²) in [6.07, 6.45) is 2.31. The Morgan fingerprint density at radius 2 is 1.63 bits per heavy atom. The Morgan fingerprint density at radius 3 is 2.14 bits per heavy atom. The molecular weight excluding hydrogens is 509 g/mol. The minimum Gasteiger partial charge on any atom is -0.355 e. The van der Waals surface area contributed by atoms with Crippen LogP contribution in [0, 0.1) is 0 Å². The average molecular weight is 543 g/mol. The number of aryl methyl sites for hydroxylation is 1. The Labute approximate surface area is 218 Å². The molecule has 7 nitrogen and oxygen atoms in total. The second kappa shape index (κ2) is 13.1. The van der Waals surface area contributed by atoms with Gasteiger partial charge in [-0.15, -0.1) is 0 Å². The molecule has 1 atom stereocenters. The number of sulfonamides is 1. The first-order chi connectivity index (χ1) is 16.5. The van der Waals surface area contributed by atoms with E-state index in [1.54, 1.807) is 44.2 Å². The van der Waals surface area contributed by atoms with Crippen LogP contribution in [0.15, 0.2) is 42.5 Å². The molecule has 2 aromatic rings. The molecule has 2 aromatic carbocycles. The van der Waals surface area contributed by atoms with Crippen LogP contribution in [0.25, 0.3) is 0 Å². The van der Waals surface area contributed by atoms with Gasteiger partial charge in [0.15, 0.2) is 0 Å². The summed E-state index contributed by atoms with van der Waals surface area (Å²) in [5.74, 6) is -0.590. The molecule has 0 spiro atoms. The number of nitrogens with one attached hydrogen (secondary N) is 1. The second-order valence-electron chi connectivity index (χ2n) is 8.25. The fraction of sp³-hybridized carbons (Fsp3) is 0.440. The topological polar surface area (TPSA) is 86.8 Å². The van der Waals surface area contributed by atoms with Crippen LogP contribution in [0.5, 0.6) is 0 Å². The normalized spacial score (nSPS) is 12.2. The predicted molar refractivity (Wildman–Crippen MR) is 142 cm³/mol. The maximum absolute atomic E-state index is 13.3. The zero-order chi connectivity index (χ0) is 26.2. The van der Waals surface area contributed by atoms with E-state index in [0.29, 0.717) is 27.8 Å². The Kier molecular flexibility index (Phi) is 10.9. The first-order valence-electron chi connectivity index (χ1n) is 11.6. The number of carbonyl (C=O) groups is 2. The molecule has 2 amide bonds. The lowest BCUT2D eigenvalue weighted by Crippen LogP contribution is -2.47. The highest BCUT2D eigenvalue weighted by atomic mass is 35.5. The maximum atomic E-state index is 13.3. The molecule has 10 heteroatoms.